The first-order valence-electron chi connectivity index (χ1n) is 3.76. The molecule has 0 saturated carbocycles. The summed E-state index contributed by atoms with van der Waals surface area (Å²) in [4.78, 5) is 2.97. The van der Waals surface area contributed by atoms with Gasteiger partial charge in [-0.1, -0.05) is 0 Å². The number of nitriles is 2. The molecule has 60 valence electrons. The number of nitrogens with one attached hydrogen (secondary N) is 1. The Balaban J connectivity index is 2.89. The summed E-state index contributed by atoms with van der Waals surface area (Å²) in [6.07, 6.45) is 1.76. The molecule has 3 heteroatoms. The molecule has 2 rings (SSSR count). The van der Waals surface area contributed by atoms with Crippen LogP contribution in [0, 0.1) is 22.7 Å². The number of fused-ring (bicyclic) bond motifs is 1. The molecule has 1 heterocycles. The van der Waals surface area contributed by atoms with Crippen LogP contribution in [0.2, 0.25) is 0 Å². The number of benzene rings is 1. The second-order valence-electron chi connectivity index (χ2n) is 2.69. The first-order valence-corrected chi connectivity index (χ1v) is 3.76. The zero-order chi connectivity index (χ0) is 9.26. The predicted molar refractivity (Wildman–Crippen MR) is 47.7 cm³/mol. The summed E-state index contributed by atoms with van der Waals surface area (Å²) in [7, 11) is 0. The van der Waals surface area contributed by atoms with Gasteiger partial charge in [0, 0.05) is 17.1 Å². The maximum atomic E-state index is 8.80. The van der Waals surface area contributed by atoms with E-state index in [2.05, 4.69) is 11.1 Å². The van der Waals surface area contributed by atoms with E-state index >= 15 is 0 Å². The highest BCUT2D eigenvalue weighted by molar-refractivity contribution is 5.86. The van der Waals surface area contributed by atoms with Crippen molar-refractivity contribution in [3.63, 3.8) is 0 Å². The molecule has 0 radical (unpaired) electrons. The molecule has 0 fully saturated rings. The number of hydrogen-bond acceptors (Lipinski definition) is 2. The molecule has 1 N–H and O–H groups in total. The van der Waals surface area contributed by atoms with Gasteiger partial charge in [0.15, 0.2) is 0 Å². The molecule has 0 bridgehead atoms. The fraction of sp³-hybridized carbons (Fsp3) is 0. The van der Waals surface area contributed by atoms with Gasteiger partial charge in [0.1, 0.15) is 0 Å². The van der Waals surface area contributed by atoms with Gasteiger partial charge in [-0.05, 0) is 18.2 Å². The molecule has 3 nitrogen and oxygen atoms in total. The van der Waals surface area contributed by atoms with Crippen molar-refractivity contribution in [2.45, 2.75) is 0 Å². The van der Waals surface area contributed by atoms with Gasteiger partial charge in [0.05, 0.1) is 23.3 Å². The Labute approximate surface area is 74.8 Å². The summed E-state index contributed by atoms with van der Waals surface area (Å²) >= 11 is 0. The quantitative estimate of drug-likeness (QED) is 0.651. The van der Waals surface area contributed by atoms with Crippen LogP contribution >= 0.6 is 0 Å². The average molecular weight is 167 g/mol. The number of rotatable bonds is 0. The molecular weight excluding hydrogens is 162 g/mol. The standard InChI is InChI=1S/C10H5N3/c11-5-7-3-8(6-12)9-1-2-13-10(9)4-7/h1-4,13H. The summed E-state index contributed by atoms with van der Waals surface area (Å²) in [6, 6.07) is 9.23. The van der Waals surface area contributed by atoms with Crippen LogP contribution in [0.3, 0.4) is 0 Å². The molecule has 0 saturated heterocycles. The molecule has 0 amide bonds. The maximum absolute atomic E-state index is 8.80. The predicted octanol–water partition coefficient (Wildman–Crippen LogP) is 1.91. The third kappa shape index (κ3) is 1.04. The number of H-pyrrole nitrogens is 1. The molecule has 1 aromatic carbocycles. The van der Waals surface area contributed by atoms with Gasteiger partial charge < -0.3 is 4.98 Å². The fourth-order valence-corrected chi connectivity index (χ4v) is 1.32. The maximum Gasteiger partial charge on any atom is 0.0999 e. The van der Waals surface area contributed by atoms with Gasteiger partial charge in [-0.25, -0.2) is 0 Å². The fourth-order valence-electron chi connectivity index (χ4n) is 1.32. The largest absolute Gasteiger partial charge is 0.361 e. The zero-order valence-corrected chi connectivity index (χ0v) is 6.70. The van der Waals surface area contributed by atoms with E-state index < -0.39 is 0 Å². The molecule has 0 aliphatic carbocycles. The minimum Gasteiger partial charge on any atom is -0.361 e. The smallest absolute Gasteiger partial charge is 0.0999 e. The van der Waals surface area contributed by atoms with Crippen LogP contribution in [0.25, 0.3) is 10.9 Å². The van der Waals surface area contributed by atoms with Crippen molar-refractivity contribution < 1.29 is 0 Å². The lowest BCUT2D eigenvalue weighted by atomic mass is 10.1. The Bertz CT molecular complexity index is 537. The highest BCUT2D eigenvalue weighted by Crippen LogP contribution is 2.18. The van der Waals surface area contributed by atoms with Gasteiger partial charge in [-0.15, -0.1) is 0 Å². The first-order chi connectivity index (χ1) is 6.35. The van der Waals surface area contributed by atoms with E-state index in [1.807, 2.05) is 12.1 Å². The summed E-state index contributed by atoms with van der Waals surface area (Å²) in [5, 5.41) is 18.3. The van der Waals surface area contributed by atoms with E-state index in [9.17, 15) is 0 Å². The monoisotopic (exact) mass is 167 g/mol. The van der Waals surface area contributed by atoms with Crippen molar-refractivity contribution in [2.75, 3.05) is 0 Å². The summed E-state index contributed by atoms with van der Waals surface area (Å²) in [5.74, 6) is 0. The zero-order valence-electron chi connectivity index (χ0n) is 6.70. The van der Waals surface area contributed by atoms with Gasteiger partial charge in [0.2, 0.25) is 0 Å². The van der Waals surface area contributed by atoms with Crippen LogP contribution in [-0.2, 0) is 0 Å². The second-order valence-corrected chi connectivity index (χ2v) is 2.69. The van der Waals surface area contributed by atoms with Gasteiger partial charge in [-0.2, -0.15) is 10.5 Å². The number of aromatic nitrogens is 1. The number of hydrogen-bond donors (Lipinski definition) is 1. The highest BCUT2D eigenvalue weighted by Gasteiger charge is 2.03. The van der Waals surface area contributed by atoms with Crippen LogP contribution in [0.4, 0.5) is 0 Å². The van der Waals surface area contributed by atoms with E-state index in [0.717, 1.165) is 10.9 Å². The van der Waals surface area contributed by atoms with Crippen molar-refractivity contribution in [2.24, 2.45) is 0 Å². The summed E-state index contributed by atoms with van der Waals surface area (Å²) in [5.41, 5.74) is 1.87. The van der Waals surface area contributed by atoms with Crippen LogP contribution in [0.1, 0.15) is 11.1 Å². The molecule has 0 aliphatic rings. The summed E-state index contributed by atoms with van der Waals surface area (Å²) < 4.78 is 0. The van der Waals surface area contributed by atoms with Crippen molar-refractivity contribution >= 4 is 10.9 Å². The Morgan fingerprint density at radius 1 is 1.15 bits per heavy atom. The Morgan fingerprint density at radius 3 is 2.69 bits per heavy atom. The van der Waals surface area contributed by atoms with Gasteiger partial charge >= 0.3 is 0 Å². The number of nitrogens with zero attached hydrogens (tertiary/aromatic N) is 2. The van der Waals surface area contributed by atoms with E-state index in [-0.39, 0.29) is 0 Å². The number of aromatic amines is 1. The topological polar surface area (TPSA) is 63.4 Å². The van der Waals surface area contributed by atoms with Crippen molar-refractivity contribution in [1.82, 2.24) is 4.98 Å². The van der Waals surface area contributed by atoms with Crippen LogP contribution in [0.5, 0.6) is 0 Å². The highest BCUT2D eigenvalue weighted by atomic mass is 14.7. The molecule has 0 aliphatic heterocycles. The molecule has 13 heavy (non-hydrogen) atoms. The molecule has 1 aromatic heterocycles. The average Bonchev–Trinajstić information content (AvgIpc) is 2.63. The third-order valence-corrected chi connectivity index (χ3v) is 1.92. The Kier molecular flexibility index (Phi) is 1.51. The Morgan fingerprint density at radius 2 is 2.00 bits per heavy atom. The SMILES string of the molecule is N#Cc1cc(C#N)c2cc[nH]c2c1. The first kappa shape index (κ1) is 7.39. The summed E-state index contributed by atoms with van der Waals surface area (Å²) in [6.45, 7) is 0. The van der Waals surface area contributed by atoms with E-state index in [1.165, 1.54) is 0 Å². The second kappa shape index (κ2) is 2.66. The normalized spacial score (nSPS) is 9.38. The third-order valence-electron chi connectivity index (χ3n) is 1.92. The van der Waals surface area contributed by atoms with Crippen LogP contribution in [0.15, 0.2) is 24.4 Å². The van der Waals surface area contributed by atoms with Crippen LogP contribution < -0.4 is 0 Å². The molecule has 0 unspecified atom stereocenters. The lowest BCUT2D eigenvalue weighted by Gasteiger charge is -1.93. The van der Waals surface area contributed by atoms with E-state index in [1.54, 1.807) is 18.3 Å². The van der Waals surface area contributed by atoms with E-state index in [0.29, 0.717) is 11.1 Å². The van der Waals surface area contributed by atoms with Gasteiger partial charge in [0.25, 0.3) is 0 Å². The minimum atomic E-state index is 0.506. The molecule has 2 aromatic rings. The van der Waals surface area contributed by atoms with Gasteiger partial charge in [-0.3, -0.25) is 0 Å². The molecule has 0 spiro atoms. The minimum absolute atomic E-state index is 0.506. The van der Waals surface area contributed by atoms with Crippen molar-refractivity contribution in [1.29, 1.82) is 10.5 Å². The molecular formula is C10H5N3. The van der Waals surface area contributed by atoms with E-state index in [4.69, 9.17) is 10.5 Å². The van der Waals surface area contributed by atoms with Crippen molar-refractivity contribution in [3.05, 3.63) is 35.5 Å². The van der Waals surface area contributed by atoms with Crippen LogP contribution in [-0.4, -0.2) is 4.98 Å². The molecule has 0 atom stereocenters. The lowest BCUT2D eigenvalue weighted by molar-refractivity contribution is 1.44. The Hall–Kier alpha value is -2.26. The van der Waals surface area contributed by atoms with Crippen molar-refractivity contribution in [3.8, 4) is 12.1 Å². The lowest BCUT2D eigenvalue weighted by Crippen LogP contribution is -1.80.